The van der Waals surface area contributed by atoms with Crippen molar-refractivity contribution in [3.8, 4) is 11.5 Å². The van der Waals surface area contributed by atoms with Crippen molar-refractivity contribution in [1.82, 2.24) is 4.98 Å². The summed E-state index contributed by atoms with van der Waals surface area (Å²) in [5.74, 6) is 1.48. The third kappa shape index (κ3) is 5.27. The van der Waals surface area contributed by atoms with Crippen LogP contribution in [0.15, 0.2) is 36.5 Å². The van der Waals surface area contributed by atoms with Crippen LogP contribution in [-0.4, -0.2) is 24.2 Å². The minimum atomic E-state index is -0.527. The third-order valence-electron chi connectivity index (χ3n) is 3.67. The molecular weight excluding hydrogens is 320 g/mol. The first-order valence-electron chi connectivity index (χ1n) is 8.24. The second-order valence-electron chi connectivity index (χ2n) is 5.45. The van der Waals surface area contributed by atoms with Crippen molar-refractivity contribution in [2.45, 2.75) is 32.8 Å². The summed E-state index contributed by atoms with van der Waals surface area (Å²) in [6.45, 7) is 3.94. The lowest BCUT2D eigenvalue weighted by Gasteiger charge is -2.14. The van der Waals surface area contributed by atoms with E-state index in [9.17, 15) is 4.79 Å². The predicted octanol–water partition coefficient (Wildman–Crippen LogP) is 4.23. The van der Waals surface area contributed by atoms with Gasteiger partial charge < -0.3 is 20.5 Å². The lowest BCUT2D eigenvalue weighted by molar-refractivity contribution is 0.106. The van der Waals surface area contributed by atoms with Crippen molar-refractivity contribution in [3.63, 3.8) is 0 Å². The summed E-state index contributed by atoms with van der Waals surface area (Å²) < 4.78 is 11.1. The molecule has 0 fully saturated rings. The molecular formula is C18H24N4O3. The van der Waals surface area contributed by atoms with Crippen LogP contribution in [0.25, 0.3) is 0 Å². The maximum absolute atomic E-state index is 11.9. The van der Waals surface area contributed by atoms with Crippen LogP contribution in [0.4, 0.5) is 22.0 Å². The van der Waals surface area contributed by atoms with Gasteiger partial charge in [-0.2, -0.15) is 0 Å². The Morgan fingerprint density at radius 1 is 1.20 bits per heavy atom. The largest absolute Gasteiger partial charge is 0.457 e. The van der Waals surface area contributed by atoms with Gasteiger partial charge in [0, 0.05) is 25.4 Å². The normalized spacial score (nSPS) is 10.4. The molecule has 25 heavy (non-hydrogen) atoms. The van der Waals surface area contributed by atoms with Crippen molar-refractivity contribution in [3.05, 3.63) is 36.5 Å². The van der Waals surface area contributed by atoms with Crippen LogP contribution in [-0.2, 0) is 4.74 Å². The van der Waals surface area contributed by atoms with Gasteiger partial charge in [0.05, 0.1) is 11.4 Å². The molecule has 0 bridgehead atoms. The van der Waals surface area contributed by atoms with E-state index in [1.54, 1.807) is 37.5 Å². The molecule has 2 rings (SSSR count). The number of rotatable bonds is 7. The summed E-state index contributed by atoms with van der Waals surface area (Å²) >= 11 is 0. The van der Waals surface area contributed by atoms with E-state index in [2.05, 4.69) is 15.6 Å². The second-order valence-corrected chi connectivity index (χ2v) is 5.45. The molecule has 2 aromatic rings. The number of nitrogen functional groups attached to an aromatic ring is 1. The van der Waals surface area contributed by atoms with E-state index < -0.39 is 6.09 Å². The lowest BCUT2D eigenvalue weighted by Crippen LogP contribution is -2.21. The van der Waals surface area contributed by atoms with E-state index in [-0.39, 0.29) is 6.10 Å². The van der Waals surface area contributed by atoms with Gasteiger partial charge in [0.25, 0.3) is 0 Å². The highest BCUT2D eigenvalue weighted by molar-refractivity contribution is 5.83. The molecule has 134 valence electrons. The van der Waals surface area contributed by atoms with E-state index in [1.165, 1.54) is 0 Å². The first kappa shape index (κ1) is 18.4. The Kier molecular flexibility index (Phi) is 6.45. The van der Waals surface area contributed by atoms with E-state index in [4.69, 9.17) is 15.2 Å². The number of nitrogens with zero attached hydrogens (tertiary/aromatic N) is 1. The van der Waals surface area contributed by atoms with Crippen LogP contribution in [0.1, 0.15) is 26.7 Å². The zero-order valence-electron chi connectivity index (χ0n) is 14.7. The highest BCUT2D eigenvalue weighted by Gasteiger charge is 2.11. The fraction of sp³-hybridized carbons (Fsp3) is 0.333. The molecule has 0 atom stereocenters. The molecule has 1 amide bonds. The highest BCUT2D eigenvalue weighted by atomic mass is 16.6. The van der Waals surface area contributed by atoms with Gasteiger partial charge in [-0.05, 0) is 31.0 Å². The zero-order valence-corrected chi connectivity index (χ0v) is 14.7. The fourth-order valence-electron chi connectivity index (χ4n) is 2.25. The summed E-state index contributed by atoms with van der Waals surface area (Å²) in [7, 11) is 1.80. The molecule has 1 aromatic heterocycles. The topological polar surface area (TPSA) is 98.5 Å². The molecule has 0 unspecified atom stereocenters. The SMILES string of the molecule is CCC(CC)OC(=O)Nc1cc(Oc2ccc(NC)c(N)c2)ccn1. The molecule has 1 heterocycles. The number of nitrogens with two attached hydrogens (primary N) is 1. The lowest BCUT2D eigenvalue weighted by atomic mass is 10.2. The number of carbonyl (C=O) groups excluding carboxylic acids is 1. The number of benzene rings is 1. The summed E-state index contributed by atoms with van der Waals surface area (Å²) in [4.78, 5) is 16.0. The van der Waals surface area contributed by atoms with Crippen molar-refractivity contribution < 1.29 is 14.3 Å². The van der Waals surface area contributed by atoms with E-state index in [0.29, 0.717) is 23.0 Å². The maximum atomic E-state index is 11.9. The first-order valence-corrected chi connectivity index (χ1v) is 8.24. The zero-order chi connectivity index (χ0) is 18.2. The van der Waals surface area contributed by atoms with Gasteiger partial charge in [-0.3, -0.25) is 5.32 Å². The van der Waals surface area contributed by atoms with Crippen LogP contribution in [0, 0.1) is 0 Å². The Hall–Kier alpha value is -2.96. The number of ether oxygens (including phenoxy) is 2. The Morgan fingerprint density at radius 3 is 2.56 bits per heavy atom. The smallest absolute Gasteiger partial charge is 0.413 e. The maximum Gasteiger partial charge on any atom is 0.413 e. The van der Waals surface area contributed by atoms with Crippen molar-refractivity contribution in [2.24, 2.45) is 0 Å². The summed E-state index contributed by atoms with van der Waals surface area (Å²) in [5, 5.41) is 5.60. The molecule has 4 N–H and O–H groups in total. The standard InChI is InChI=1S/C18H24N4O3/c1-4-12(5-2)25-18(23)22-17-11-14(8-9-21-17)24-13-6-7-16(20-3)15(19)10-13/h6-12,20H,4-5,19H2,1-3H3,(H,21,22,23). The van der Waals surface area contributed by atoms with Crippen LogP contribution in [0.5, 0.6) is 11.5 Å². The van der Waals surface area contributed by atoms with Crippen LogP contribution < -0.4 is 21.1 Å². The molecule has 0 saturated heterocycles. The Labute approximate surface area is 147 Å². The number of pyridine rings is 1. The molecule has 0 aliphatic heterocycles. The minimum absolute atomic E-state index is 0.104. The Balaban J connectivity index is 2.03. The number of anilines is 3. The fourth-order valence-corrected chi connectivity index (χ4v) is 2.25. The predicted molar refractivity (Wildman–Crippen MR) is 99.2 cm³/mol. The number of aromatic nitrogens is 1. The van der Waals surface area contributed by atoms with Crippen molar-refractivity contribution in [2.75, 3.05) is 23.4 Å². The second kappa shape index (κ2) is 8.77. The van der Waals surface area contributed by atoms with Crippen LogP contribution in [0.3, 0.4) is 0 Å². The van der Waals surface area contributed by atoms with Gasteiger partial charge in [0.2, 0.25) is 0 Å². The summed E-state index contributed by atoms with van der Waals surface area (Å²) in [5.41, 5.74) is 7.34. The van der Waals surface area contributed by atoms with Crippen LogP contribution in [0.2, 0.25) is 0 Å². The van der Waals surface area contributed by atoms with Crippen molar-refractivity contribution >= 4 is 23.3 Å². The van der Waals surface area contributed by atoms with Gasteiger partial charge in [-0.15, -0.1) is 0 Å². The number of carbonyl (C=O) groups is 1. The molecule has 0 spiro atoms. The van der Waals surface area contributed by atoms with Gasteiger partial charge in [0.15, 0.2) is 0 Å². The van der Waals surface area contributed by atoms with E-state index >= 15 is 0 Å². The number of nitrogens with one attached hydrogen (secondary N) is 2. The Bertz CT molecular complexity index is 717. The monoisotopic (exact) mass is 344 g/mol. The summed E-state index contributed by atoms with van der Waals surface area (Å²) in [6, 6.07) is 8.67. The molecule has 0 saturated carbocycles. The van der Waals surface area contributed by atoms with E-state index in [0.717, 1.165) is 18.5 Å². The van der Waals surface area contributed by atoms with Crippen molar-refractivity contribution in [1.29, 1.82) is 0 Å². The van der Waals surface area contributed by atoms with Gasteiger partial charge in [0.1, 0.15) is 23.4 Å². The number of hydrogen-bond acceptors (Lipinski definition) is 6. The molecule has 0 aliphatic rings. The van der Waals surface area contributed by atoms with E-state index in [1.807, 2.05) is 19.9 Å². The molecule has 7 nitrogen and oxygen atoms in total. The number of amides is 1. The Morgan fingerprint density at radius 2 is 1.92 bits per heavy atom. The average Bonchev–Trinajstić information content (AvgIpc) is 2.60. The summed E-state index contributed by atoms with van der Waals surface area (Å²) in [6.07, 6.45) is 2.46. The van der Waals surface area contributed by atoms with Gasteiger partial charge >= 0.3 is 6.09 Å². The molecule has 0 aliphatic carbocycles. The number of hydrogen-bond donors (Lipinski definition) is 3. The molecule has 1 aromatic carbocycles. The van der Waals surface area contributed by atoms with Crippen LogP contribution >= 0.6 is 0 Å². The minimum Gasteiger partial charge on any atom is -0.457 e. The van der Waals surface area contributed by atoms with Gasteiger partial charge in [-0.1, -0.05) is 13.8 Å². The average molecular weight is 344 g/mol. The van der Waals surface area contributed by atoms with Gasteiger partial charge in [-0.25, -0.2) is 9.78 Å². The highest BCUT2D eigenvalue weighted by Crippen LogP contribution is 2.28. The third-order valence-corrected chi connectivity index (χ3v) is 3.67. The molecule has 0 radical (unpaired) electrons. The molecule has 7 heteroatoms. The quantitative estimate of drug-likeness (QED) is 0.650. The first-order chi connectivity index (χ1) is 12.0.